The van der Waals surface area contributed by atoms with Gasteiger partial charge in [-0.25, -0.2) is 4.39 Å². The third-order valence-corrected chi connectivity index (χ3v) is 5.12. The van der Waals surface area contributed by atoms with Gasteiger partial charge in [0, 0.05) is 30.5 Å². The van der Waals surface area contributed by atoms with Gasteiger partial charge in [0.15, 0.2) is 0 Å². The number of benzene rings is 2. The fraction of sp³-hybridized carbons (Fsp3) is 0.320. The van der Waals surface area contributed by atoms with Crippen molar-refractivity contribution in [3.63, 3.8) is 0 Å². The Hall–Kier alpha value is -2.88. The maximum Gasteiger partial charge on any atom is 0.254 e. The molecule has 0 bridgehead atoms. The molecule has 0 aliphatic carbocycles. The van der Waals surface area contributed by atoms with E-state index in [9.17, 15) is 9.18 Å². The third kappa shape index (κ3) is 5.80. The Bertz CT molecular complexity index is 930. The van der Waals surface area contributed by atoms with Crippen LogP contribution in [0.3, 0.4) is 0 Å². The third-order valence-electron chi connectivity index (χ3n) is 5.12. The van der Waals surface area contributed by atoms with E-state index in [4.69, 9.17) is 0 Å². The molecule has 0 radical (unpaired) electrons. The lowest BCUT2D eigenvalue weighted by Crippen LogP contribution is -2.32. The second-order valence-corrected chi connectivity index (χ2v) is 7.56. The lowest BCUT2D eigenvalue weighted by Gasteiger charge is -2.24. The first-order valence-electron chi connectivity index (χ1n) is 10.3. The predicted molar refractivity (Wildman–Crippen MR) is 115 cm³/mol. The van der Waals surface area contributed by atoms with Crippen LogP contribution in [0.5, 0.6) is 0 Å². The molecular formula is C25H29FN2O. The van der Waals surface area contributed by atoms with Crippen molar-refractivity contribution in [2.45, 2.75) is 46.2 Å². The molecule has 4 heteroatoms. The van der Waals surface area contributed by atoms with Crippen molar-refractivity contribution in [3.8, 4) is 0 Å². The molecule has 0 aliphatic heterocycles. The highest BCUT2D eigenvalue weighted by atomic mass is 19.1. The highest BCUT2D eigenvalue weighted by Crippen LogP contribution is 2.15. The molecule has 0 N–H and O–H groups in total. The van der Waals surface area contributed by atoms with Gasteiger partial charge in [-0.05, 0) is 55.3 Å². The number of carbonyl (C=O) groups excluding carboxylic acids is 1. The van der Waals surface area contributed by atoms with Gasteiger partial charge in [-0.15, -0.1) is 0 Å². The second-order valence-electron chi connectivity index (χ2n) is 7.56. The molecule has 3 aromatic rings. The number of aryl methyl sites for hydroxylation is 1. The van der Waals surface area contributed by atoms with Crippen LogP contribution in [0.15, 0.2) is 66.9 Å². The number of unbranched alkanes of at least 4 members (excludes halogenated alkanes) is 2. The fourth-order valence-electron chi connectivity index (χ4n) is 3.53. The van der Waals surface area contributed by atoms with Crippen LogP contribution >= 0.6 is 0 Å². The van der Waals surface area contributed by atoms with Crippen LogP contribution in [0, 0.1) is 12.7 Å². The highest BCUT2D eigenvalue weighted by molar-refractivity contribution is 5.94. The number of hydrogen-bond donors (Lipinski definition) is 0. The van der Waals surface area contributed by atoms with E-state index < -0.39 is 0 Å². The Kier molecular flexibility index (Phi) is 7.23. The molecule has 0 fully saturated rings. The Labute approximate surface area is 172 Å². The van der Waals surface area contributed by atoms with Crippen molar-refractivity contribution in [3.05, 3.63) is 95.1 Å². The topological polar surface area (TPSA) is 25.2 Å². The van der Waals surface area contributed by atoms with Crippen LogP contribution in [0.2, 0.25) is 0 Å². The molecule has 1 amide bonds. The van der Waals surface area contributed by atoms with Crippen molar-refractivity contribution < 1.29 is 9.18 Å². The molecule has 3 rings (SSSR count). The first-order valence-corrected chi connectivity index (χ1v) is 10.3. The van der Waals surface area contributed by atoms with Gasteiger partial charge >= 0.3 is 0 Å². The smallest absolute Gasteiger partial charge is 0.254 e. The van der Waals surface area contributed by atoms with E-state index in [1.165, 1.54) is 23.3 Å². The van der Waals surface area contributed by atoms with Gasteiger partial charge in [-0.2, -0.15) is 0 Å². The van der Waals surface area contributed by atoms with Crippen LogP contribution in [-0.2, 0) is 13.1 Å². The summed E-state index contributed by atoms with van der Waals surface area (Å²) in [5, 5.41) is 0. The monoisotopic (exact) mass is 392 g/mol. The zero-order chi connectivity index (χ0) is 20.6. The van der Waals surface area contributed by atoms with Crippen molar-refractivity contribution in [1.29, 1.82) is 0 Å². The first kappa shape index (κ1) is 20.8. The number of halogens is 1. The maximum absolute atomic E-state index is 13.3. The molecule has 152 valence electrons. The summed E-state index contributed by atoms with van der Waals surface area (Å²) in [5.74, 6) is -0.379. The van der Waals surface area contributed by atoms with E-state index in [1.807, 2.05) is 11.0 Å². The molecule has 0 spiro atoms. The van der Waals surface area contributed by atoms with E-state index in [1.54, 1.807) is 12.1 Å². The van der Waals surface area contributed by atoms with Crippen LogP contribution < -0.4 is 0 Å². The zero-order valence-corrected chi connectivity index (χ0v) is 17.3. The number of amides is 1. The zero-order valence-electron chi connectivity index (χ0n) is 17.3. The molecular weight excluding hydrogens is 363 g/mol. The molecule has 0 saturated heterocycles. The van der Waals surface area contributed by atoms with Gasteiger partial charge in [0.25, 0.3) is 5.91 Å². The summed E-state index contributed by atoms with van der Waals surface area (Å²) in [6, 6.07) is 18.4. The SMILES string of the molecule is CCCCCN(Cc1cccn1Cc1cccc(C)c1)C(=O)c1ccc(F)cc1. The number of hydrogen-bond acceptors (Lipinski definition) is 1. The van der Waals surface area contributed by atoms with E-state index in [2.05, 4.69) is 54.9 Å². The standard InChI is InChI=1S/C25H29FN2O/c1-3-4-5-15-28(25(29)22-11-13-23(26)14-12-22)19-24-10-7-16-27(24)18-21-9-6-8-20(2)17-21/h6-14,16-17H,3-5,15,18-19H2,1-2H3. The van der Waals surface area contributed by atoms with Crippen LogP contribution in [0.1, 0.15) is 53.4 Å². The Morgan fingerprint density at radius 2 is 1.83 bits per heavy atom. The summed E-state index contributed by atoms with van der Waals surface area (Å²) < 4.78 is 15.5. The number of carbonyl (C=O) groups is 1. The molecule has 1 heterocycles. The van der Waals surface area contributed by atoms with E-state index in [0.29, 0.717) is 18.7 Å². The summed E-state index contributed by atoms with van der Waals surface area (Å²) in [6.45, 7) is 6.26. The quantitative estimate of drug-likeness (QED) is 0.422. The van der Waals surface area contributed by atoms with Gasteiger partial charge in [-0.3, -0.25) is 4.79 Å². The molecule has 0 saturated carbocycles. The average molecular weight is 393 g/mol. The Morgan fingerprint density at radius 1 is 1.03 bits per heavy atom. The molecule has 0 unspecified atom stereocenters. The molecule has 2 aromatic carbocycles. The normalized spacial score (nSPS) is 10.9. The molecule has 29 heavy (non-hydrogen) atoms. The van der Waals surface area contributed by atoms with Gasteiger partial charge in [0.2, 0.25) is 0 Å². The lowest BCUT2D eigenvalue weighted by atomic mass is 10.1. The maximum atomic E-state index is 13.3. The van der Waals surface area contributed by atoms with E-state index in [-0.39, 0.29) is 11.7 Å². The summed E-state index contributed by atoms with van der Waals surface area (Å²) in [4.78, 5) is 15.0. The van der Waals surface area contributed by atoms with Crippen molar-refractivity contribution in [1.82, 2.24) is 9.47 Å². The average Bonchev–Trinajstić information content (AvgIpc) is 3.14. The van der Waals surface area contributed by atoms with Crippen LogP contribution in [0.4, 0.5) is 4.39 Å². The largest absolute Gasteiger partial charge is 0.345 e. The summed E-state index contributed by atoms with van der Waals surface area (Å²) >= 11 is 0. The minimum Gasteiger partial charge on any atom is -0.345 e. The molecule has 3 nitrogen and oxygen atoms in total. The van der Waals surface area contributed by atoms with E-state index in [0.717, 1.165) is 31.5 Å². The highest BCUT2D eigenvalue weighted by Gasteiger charge is 2.17. The summed E-state index contributed by atoms with van der Waals surface area (Å²) in [5.41, 5.74) is 4.10. The summed E-state index contributed by atoms with van der Waals surface area (Å²) in [6.07, 6.45) is 5.20. The molecule has 1 aromatic heterocycles. The Balaban J connectivity index is 1.78. The van der Waals surface area contributed by atoms with Crippen molar-refractivity contribution in [2.24, 2.45) is 0 Å². The fourth-order valence-corrected chi connectivity index (χ4v) is 3.53. The van der Waals surface area contributed by atoms with Crippen LogP contribution in [0.25, 0.3) is 0 Å². The van der Waals surface area contributed by atoms with Crippen molar-refractivity contribution in [2.75, 3.05) is 6.54 Å². The number of nitrogens with zero attached hydrogens (tertiary/aromatic N) is 2. The van der Waals surface area contributed by atoms with Crippen molar-refractivity contribution >= 4 is 5.91 Å². The van der Waals surface area contributed by atoms with Gasteiger partial charge < -0.3 is 9.47 Å². The Morgan fingerprint density at radius 3 is 2.55 bits per heavy atom. The first-order chi connectivity index (χ1) is 14.1. The summed E-state index contributed by atoms with van der Waals surface area (Å²) in [7, 11) is 0. The van der Waals surface area contributed by atoms with Gasteiger partial charge in [-0.1, -0.05) is 49.6 Å². The lowest BCUT2D eigenvalue weighted by molar-refractivity contribution is 0.0736. The van der Waals surface area contributed by atoms with Gasteiger partial charge in [0.1, 0.15) is 5.82 Å². The minimum absolute atomic E-state index is 0.0515. The molecule has 0 atom stereocenters. The van der Waals surface area contributed by atoms with Crippen LogP contribution in [-0.4, -0.2) is 21.9 Å². The predicted octanol–water partition coefficient (Wildman–Crippen LogP) is 5.82. The molecule has 0 aliphatic rings. The van der Waals surface area contributed by atoms with E-state index >= 15 is 0 Å². The number of aromatic nitrogens is 1. The number of rotatable bonds is 9. The van der Waals surface area contributed by atoms with Gasteiger partial charge in [0.05, 0.1) is 6.54 Å². The second kappa shape index (κ2) is 10.1. The minimum atomic E-state index is -0.328.